The van der Waals surface area contributed by atoms with Gasteiger partial charge in [-0.1, -0.05) is 0 Å². The lowest BCUT2D eigenvalue weighted by atomic mass is 9.73. The molecule has 1 spiro atoms. The van der Waals surface area contributed by atoms with E-state index in [0.29, 0.717) is 0 Å². The van der Waals surface area contributed by atoms with Crippen molar-refractivity contribution < 1.29 is 0 Å². The highest BCUT2D eigenvalue weighted by atomic mass is 15.3. The average molecular weight is 415 g/mol. The summed E-state index contributed by atoms with van der Waals surface area (Å²) in [7, 11) is 0. The highest BCUT2D eigenvalue weighted by Crippen LogP contribution is 2.48. The van der Waals surface area contributed by atoms with E-state index in [9.17, 15) is 0 Å². The van der Waals surface area contributed by atoms with Crippen LogP contribution >= 0.6 is 0 Å². The highest BCUT2D eigenvalue weighted by molar-refractivity contribution is 5.74. The second-order valence-corrected chi connectivity index (χ2v) is 8.90. The molecule has 31 heavy (non-hydrogen) atoms. The number of anilines is 1. The Labute approximate surface area is 180 Å². The van der Waals surface area contributed by atoms with E-state index in [2.05, 4.69) is 37.1 Å². The largest absolute Gasteiger partial charge is 0.355 e. The molecular weight excluding hydrogens is 388 g/mol. The molecule has 2 aliphatic rings. The molecule has 1 fully saturated rings. The summed E-state index contributed by atoms with van der Waals surface area (Å²) < 4.78 is 4.23. The molecule has 0 aromatic carbocycles. The first-order valence-electron chi connectivity index (χ1n) is 10.8. The number of fused-ring (bicyclic) bond motifs is 2. The normalized spacial score (nSPS) is 20.0. The third-order valence-corrected chi connectivity index (χ3v) is 7.39. The lowest BCUT2D eigenvalue weighted by molar-refractivity contribution is 0.170. The van der Waals surface area contributed by atoms with Crippen molar-refractivity contribution in [2.24, 2.45) is 11.1 Å². The van der Waals surface area contributed by atoms with Crippen LogP contribution in [-0.2, 0) is 6.54 Å². The van der Waals surface area contributed by atoms with Gasteiger partial charge in [-0.15, -0.1) is 0 Å². The summed E-state index contributed by atoms with van der Waals surface area (Å²) in [5, 5.41) is 4.45. The molecule has 6 heterocycles. The minimum Gasteiger partial charge on any atom is -0.355 e. The molecule has 0 bridgehead atoms. The zero-order valence-electron chi connectivity index (χ0n) is 17.9. The molecule has 0 saturated carbocycles. The fraction of sp³-hybridized carbons (Fsp3) is 0.391. The number of hydrogen-bond donors (Lipinski definition) is 1. The quantitative estimate of drug-likeness (QED) is 0.542. The number of hydrogen-bond acceptors (Lipinski definition) is 6. The van der Waals surface area contributed by atoms with E-state index in [1.54, 1.807) is 0 Å². The van der Waals surface area contributed by atoms with Gasteiger partial charge in [0.1, 0.15) is 11.3 Å². The van der Waals surface area contributed by atoms with Crippen molar-refractivity contribution in [3.63, 3.8) is 0 Å². The maximum absolute atomic E-state index is 6.66. The zero-order valence-corrected chi connectivity index (χ0v) is 17.9. The van der Waals surface area contributed by atoms with Crippen molar-refractivity contribution >= 4 is 11.3 Å². The number of aryl methyl sites for hydroxylation is 1. The number of nitrogens with two attached hydrogens (primary N) is 1. The van der Waals surface area contributed by atoms with E-state index in [0.717, 1.165) is 72.1 Å². The van der Waals surface area contributed by atoms with Gasteiger partial charge in [-0.25, -0.2) is 9.97 Å². The van der Waals surface area contributed by atoms with Crippen LogP contribution in [0.1, 0.15) is 35.8 Å². The molecule has 8 heteroatoms. The molecule has 158 valence electrons. The van der Waals surface area contributed by atoms with Gasteiger partial charge in [-0.3, -0.25) is 14.1 Å². The first kappa shape index (κ1) is 18.5. The van der Waals surface area contributed by atoms with Crippen LogP contribution in [0.15, 0.2) is 43.1 Å². The third-order valence-electron chi connectivity index (χ3n) is 7.39. The van der Waals surface area contributed by atoms with Gasteiger partial charge in [0.25, 0.3) is 0 Å². The minimum absolute atomic E-state index is 0.0559. The Morgan fingerprint density at radius 3 is 2.68 bits per heavy atom. The van der Waals surface area contributed by atoms with Gasteiger partial charge >= 0.3 is 0 Å². The Hall–Kier alpha value is -3.26. The average Bonchev–Trinajstić information content (AvgIpc) is 3.47. The summed E-state index contributed by atoms with van der Waals surface area (Å²) in [6.07, 6.45) is 11.6. The van der Waals surface area contributed by atoms with Crippen LogP contribution in [0.25, 0.3) is 16.9 Å². The molecule has 1 saturated heterocycles. The molecular formula is C23H26N8. The van der Waals surface area contributed by atoms with Gasteiger partial charge < -0.3 is 10.6 Å². The van der Waals surface area contributed by atoms with Crippen molar-refractivity contribution in [1.82, 2.24) is 29.1 Å². The SMILES string of the molecule is Cc1nccc(-c2ncc3c(N4CCC5(CC4)Cn4nccc4[C@H]5N)nccn23)c1C. The van der Waals surface area contributed by atoms with Gasteiger partial charge in [0, 0.05) is 61.1 Å². The topological polar surface area (TPSA) is 90.2 Å². The number of aromatic nitrogens is 6. The van der Waals surface area contributed by atoms with Gasteiger partial charge in [0.2, 0.25) is 0 Å². The van der Waals surface area contributed by atoms with Crippen LogP contribution in [0.5, 0.6) is 0 Å². The van der Waals surface area contributed by atoms with E-state index in [4.69, 9.17) is 15.7 Å². The predicted molar refractivity (Wildman–Crippen MR) is 119 cm³/mol. The van der Waals surface area contributed by atoms with E-state index in [1.165, 1.54) is 0 Å². The zero-order chi connectivity index (χ0) is 21.2. The predicted octanol–water partition coefficient (Wildman–Crippen LogP) is 2.90. The Bertz CT molecular complexity index is 1280. The summed E-state index contributed by atoms with van der Waals surface area (Å²) >= 11 is 0. The molecule has 8 nitrogen and oxygen atoms in total. The molecule has 4 aromatic rings. The maximum atomic E-state index is 6.66. The summed E-state index contributed by atoms with van der Waals surface area (Å²) in [6, 6.07) is 4.15. The van der Waals surface area contributed by atoms with Crippen LogP contribution in [-0.4, -0.2) is 42.2 Å². The van der Waals surface area contributed by atoms with Gasteiger partial charge in [0.15, 0.2) is 5.82 Å². The number of pyridine rings is 1. The maximum Gasteiger partial charge on any atom is 0.154 e. The molecule has 4 aromatic heterocycles. The number of nitrogens with zero attached hydrogens (tertiary/aromatic N) is 7. The Morgan fingerprint density at radius 1 is 1.03 bits per heavy atom. The Kier molecular flexibility index (Phi) is 3.95. The smallest absolute Gasteiger partial charge is 0.154 e. The third kappa shape index (κ3) is 2.64. The molecule has 0 aliphatic carbocycles. The molecule has 0 radical (unpaired) electrons. The number of rotatable bonds is 2. The fourth-order valence-electron chi connectivity index (χ4n) is 5.32. The second kappa shape index (κ2) is 6.62. The van der Waals surface area contributed by atoms with Crippen molar-refractivity contribution in [3.05, 3.63) is 60.1 Å². The Morgan fingerprint density at radius 2 is 1.87 bits per heavy atom. The van der Waals surface area contributed by atoms with E-state index >= 15 is 0 Å². The van der Waals surface area contributed by atoms with E-state index in [-0.39, 0.29) is 11.5 Å². The van der Waals surface area contributed by atoms with Crippen LogP contribution in [0.2, 0.25) is 0 Å². The van der Waals surface area contributed by atoms with Crippen molar-refractivity contribution in [2.75, 3.05) is 18.0 Å². The first-order valence-corrected chi connectivity index (χ1v) is 10.8. The fourth-order valence-corrected chi connectivity index (χ4v) is 5.32. The summed E-state index contributed by atoms with van der Waals surface area (Å²) in [5.41, 5.74) is 12.2. The van der Waals surface area contributed by atoms with Crippen molar-refractivity contribution in [2.45, 2.75) is 39.3 Å². The van der Waals surface area contributed by atoms with Crippen molar-refractivity contribution in [1.29, 1.82) is 0 Å². The van der Waals surface area contributed by atoms with Gasteiger partial charge in [0.05, 0.1) is 17.9 Å². The van der Waals surface area contributed by atoms with Crippen LogP contribution in [0.3, 0.4) is 0 Å². The Balaban J connectivity index is 1.31. The lowest BCUT2D eigenvalue weighted by Crippen LogP contribution is -2.45. The number of piperidine rings is 1. The minimum atomic E-state index is 0.0559. The second-order valence-electron chi connectivity index (χ2n) is 8.90. The monoisotopic (exact) mass is 414 g/mol. The molecule has 6 rings (SSSR count). The summed E-state index contributed by atoms with van der Waals surface area (Å²) in [5.74, 6) is 1.92. The summed E-state index contributed by atoms with van der Waals surface area (Å²) in [4.78, 5) is 16.3. The molecule has 0 amide bonds. The molecule has 2 N–H and O–H groups in total. The van der Waals surface area contributed by atoms with Crippen LogP contribution in [0.4, 0.5) is 5.82 Å². The standard InChI is InChI=1S/C23H26N8/c1-15-16(2)25-7-3-17(15)21-27-13-19-22(26-9-12-30(19)21)29-10-5-23(6-11-29)14-31-18(20(23)24)4-8-28-31/h3-4,7-9,12-13,20H,5-6,10-11,14,24H2,1-2H3/t20-/m1/s1. The molecule has 0 unspecified atom stereocenters. The molecule has 2 aliphatic heterocycles. The van der Waals surface area contributed by atoms with Crippen LogP contribution < -0.4 is 10.6 Å². The molecule has 1 atom stereocenters. The lowest BCUT2D eigenvalue weighted by Gasteiger charge is -2.41. The highest BCUT2D eigenvalue weighted by Gasteiger charge is 2.47. The van der Waals surface area contributed by atoms with E-state index in [1.807, 2.05) is 44.0 Å². The first-order chi connectivity index (χ1) is 15.1. The number of imidazole rings is 1. The van der Waals surface area contributed by atoms with Crippen LogP contribution in [0, 0.1) is 19.3 Å². The van der Waals surface area contributed by atoms with Gasteiger partial charge in [-0.2, -0.15) is 5.10 Å². The summed E-state index contributed by atoms with van der Waals surface area (Å²) in [6.45, 7) is 6.91. The van der Waals surface area contributed by atoms with Crippen molar-refractivity contribution in [3.8, 4) is 11.4 Å². The van der Waals surface area contributed by atoms with Gasteiger partial charge in [-0.05, 0) is 44.4 Å². The van der Waals surface area contributed by atoms with E-state index < -0.39 is 0 Å².